The molecule has 3 heteroatoms. The molecule has 0 saturated heterocycles. The first-order chi connectivity index (χ1) is 8.34. The summed E-state index contributed by atoms with van der Waals surface area (Å²) in [6.45, 7) is 3.64. The monoisotopic (exact) mass is 252 g/mol. The highest BCUT2D eigenvalue weighted by atomic mass is 32.1. The maximum atomic E-state index is 3.57. The first kappa shape index (κ1) is 13.1. The summed E-state index contributed by atoms with van der Waals surface area (Å²) in [5.41, 5.74) is 0. The second-order valence-corrected chi connectivity index (χ2v) is 6.10. The van der Waals surface area contributed by atoms with Crippen LogP contribution in [-0.4, -0.2) is 37.6 Å². The minimum Gasteiger partial charge on any atom is -0.314 e. The van der Waals surface area contributed by atoms with Crippen molar-refractivity contribution in [3.63, 3.8) is 0 Å². The zero-order chi connectivity index (χ0) is 11.9. The summed E-state index contributed by atoms with van der Waals surface area (Å²) in [7, 11) is 2.24. The van der Waals surface area contributed by atoms with Gasteiger partial charge in [0.05, 0.1) is 0 Å². The molecule has 1 saturated carbocycles. The standard InChI is InChI=1S/C14H24N2S/c1-16(11-8-14-5-4-12-17-14)10-3-2-9-15-13-6-7-13/h4-5,12-13,15H,2-3,6-11H2,1H3. The maximum Gasteiger partial charge on any atom is 0.00682 e. The van der Waals surface area contributed by atoms with Crippen LogP contribution in [0.15, 0.2) is 17.5 Å². The molecule has 1 heterocycles. The van der Waals surface area contributed by atoms with Gasteiger partial charge in [-0.15, -0.1) is 11.3 Å². The zero-order valence-electron chi connectivity index (χ0n) is 10.8. The molecular formula is C14H24N2S. The van der Waals surface area contributed by atoms with Crippen LogP contribution in [0.25, 0.3) is 0 Å². The Bertz CT molecular complexity index is 293. The van der Waals surface area contributed by atoms with Crippen LogP contribution in [0.3, 0.4) is 0 Å². The Morgan fingerprint density at radius 1 is 1.35 bits per heavy atom. The fourth-order valence-corrected chi connectivity index (χ4v) is 2.67. The summed E-state index contributed by atoms with van der Waals surface area (Å²) in [4.78, 5) is 3.96. The fraction of sp³-hybridized carbons (Fsp3) is 0.714. The summed E-state index contributed by atoms with van der Waals surface area (Å²) in [5, 5.41) is 5.73. The van der Waals surface area contributed by atoms with Crippen molar-refractivity contribution >= 4 is 11.3 Å². The number of rotatable bonds is 9. The number of nitrogens with zero attached hydrogens (tertiary/aromatic N) is 1. The second-order valence-electron chi connectivity index (χ2n) is 5.07. The average molecular weight is 252 g/mol. The average Bonchev–Trinajstić information content (AvgIpc) is 3.00. The molecule has 96 valence electrons. The highest BCUT2D eigenvalue weighted by molar-refractivity contribution is 7.09. The van der Waals surface area contributed by atoms with Crippen molar-refractivity contribution in [3.05, 3.63) is 22.4 Å². The van der Waals surface area contributed by atoms with Gasteiger partial charge in [0.25, 0.3) is 0 Å². The Morgan fingerprint density at radius 3 is 2.94 bits per heavy atom. The largest absolute Gasteiger partial charge is 0.314 e. The smallest absolute Gasteiger partial charge is 0.00682 e. The highest BCUT2D eigenvalue weighted by Crippen LogP contribution is 2.18. The lowest BCUT2D eigenvalue weighted by Crippen LogP contribution is -2.24. The van der Waals surface area contributed by atoms with Crippen LogP contribution in [0.2, 0.25) is 0 Å². The quantitative estimate of drug-likeness (QED) is 0.680. The van der Waals surface area contributed by atoms with Crippen LogP contribution in [-0.2, 0) is 6.42 Å². The molecule has 0 unspecified atom stereocenters. The molecule has 1 aromatic rings. The summed E-state index contributed by atoms with van der Waals surface area (Å²) in [6, 6.07) is 5.24. The second kappa shape index (κ2) is 7.14. The molecule has 2 rings (SSSR count). The van der Waals surface area contributed by atoms with Crippen LogP contribution >= 0.6 is 11.3 Å². The molecule has 0 aliphatic heterocycles. The van der Waals surface area contributed by atoms with Crippen molar-refractivity contribution in [1.29, 1.82) is 0 Å². The van der Waals surface area contributed by atoms with Crippen molar-refractivity contribution in [2.45, 2.75) is 38.1 Å². The van der Waals surface area contributed by atoms with Gasteiger partial charge in [-0.05, 0) is 63.7 Å². The topological polar surface area (TPSA) is 15.3 Å². The molecule has 1 aliphatic carbocycles. The predicted octanol–water partition coefficient (Wildman–Crippen LogP) is 2.75. The van der Waals surface area contributed by atoms with Gasteiger partial charge in [0, 0.05) is 17.5 Å². The Kier molecular flexibility index (Phi) is 5.49. The van der Waals surface area contributed by atoms with Crippen LogP contribution in [0.5, 0.6) is 0 Å². The van der Waals surface area contributed by atoms with Gasteiger partial charge >= 0.3 is 0 Å². The summed E-state index contributed by atoms with van der Waals surface area (Å²) in [6.07, 6.45) is 6.65. The van der Waals surface area contributed by atoms with E-state index >= 15 is 0 Å². The van der Waals surface area contributed by atoms with Gasteiger partial charge in [0.1, 0.15) is 0 Å². The number of unbranched alkanes of at least 4 members (excludes halogenated alkanes) is 1. The third-order valence-electron chi connectivity index (χ3n) is 3.30. The summed E-state index contributed by atoms with van der Waals surface area (Å²) >= 11 is 1.87. The van der Waals surface area contributed by atoms with Crippen LogP contribution in [0.4, 0.5) is 0 Å². The Balaban J connectivity index is 1.44. The zero-order valence-corrected chi connectivity index (χ0v) is 11.6. The van der Waals surface area contributed by atoms with E-state index in [4.69, 9.17) is 0 Å². The number of thiophene rings is 1. The lowest BCUT2D eigenvalue weighted by Gasteiger charge is -2.15. The first-order valence-electron chi connectivity index (χ1n) is 6.79. The van der Waals surface area contributed by atoms with Gasteiger partial charge in [-0.2, -0.15) is 0 Å². The van der Waals surface area contributed by atoms with E-state index in [0.29, 0.717) is 0 Å². The first-order valence-corrected chi connectivity index (χ1v) is 7.67. The molecular weight excluding hydrogens is 228 g/mol. The summed E-state index contributed by atoms with van der Waals surface area (Å²) < 4.78 is 0. The van der Waals surface area contributed by atoms with Crippen molar-refractivity contribution in [1.82, 2.24) is 10.2 Å². The van der Waals surface area contributed by atoms with Crippen LogP contribution in [0, 0.1) is 0 Å². The molecule has 0 amide bonds. The van der Waals surface area contributed by atoms with E-state index in [1.165, 1.54) is 56.6 Å². The van der Waals surface area contributed by atoms with Gasteiger partial charge in [-0.1, -0.05) is 6.07 Å². The van der Waals surface area contributed by atoms with Gasteiger partial charge in [0.15, 0.2) is 0 Å². The van der Waals surface area contributed by atoms with Crippen molar-refractivity contribution in [2.24, 2.45) is 0 Å². The Hall–Kier alpha value is -0.380. The molecule has 0 aromatic carbocycles. The molecule has 2 nitrogen and oxygen atoms in total. The molecule has 1 N–H and O–H groups in total. The van der Waals surface area contributed by atoms with Crippen molar-refractivity contribution in [2.75, 3.05) is 26.7 Å². The fourth-order valence-electron chi connectivity index (χ4n) is 1.97. The number of hydrogen-bond acceptors (Lipinski definition) is 3. The molecule has 17 heavy (non-hydrogen) atoms. The Morgan fingerprint density at radius 2 is 2.24 bits per heavy atom. The van der Waals surface area contributed by atoms with Crippen LogP contribution in [0.1, 0.15) is 30.6 Å². The number of likely N-dealkylation sites (N-methyl/N-ethyl adjacent to an activating group) is 1. The third-order valence-corrected chi connectivity index (χ3v) is 4.23. The van der Waals surface area contributed by atoms with Gasteiger partial charge in [0.2, 0.25) is 0 Å². The van der Waals surface area contributed by atoms with Crippen LogP contribution < -0.4 is 5.32 Å². The SMILES string of the molecule is CN(CCCCNC1CC1)CCc1cccs1. The third kappa shape index (κ3) is 5.66. The van der Waals surface area contributed by atoms with Gasteiger partial charge < -0.3 is 10.2 Å². The Labute approximate surface area is 109 Å². The van der Waals surface area contributed by atoms with E-state index in [1.807, 2.05) is 11.3 Å². The van der Waals surface area contributed by atoms with Crippen molar-refractivity contribution in [3.8, 4) is 0 Å². The minimum atomic E-state index is 0.867. The molecule has 0 atom stereocenters. The van der Waals surface area contributed by atoms with E-state index in [2.05, 4.69) is 34.8 Å². The predicted molar refractivity (Wildman–Crippen MR) is 75.8 cm³/mol. The van der Waals surface area contributed by atoms with Gasteiger partial charge in [-0.25, -0.2) is 0 Å². The van der Waals surface area contributed by atoms with Gasteiger partial charge in [-0.3, -0.25) is 0 Å². The molecule has 1 aliphatic rings. The normalized spacial score (nSPS) is 15.6. The number of hydrogen-bond donors (Lipinski definition) is 1. The minimum absolute atomic E-state index is 0.867. The van der Waals surface area contributed by atoms with E-state index in [9.17, 15) is 0 Å². The maximum absolute atomic E-state index is 3.57. The molecule has 1 fully saturated rings. The lowest BCUT2D eigenvalue weighted by atomic mass is 10.2. The van der Waals surface area contributed by atoms with E-state index < -0.39 is 0 Å². The molecule has 0 bridgehead atoms. The van der Waals surface area contributed by atoms with E-state index in [-0.39, 0.29) is 0 Å². The molecule has 0 radical (unpaired) electrons. The molecule has 1 aromatic heterocycles. The summed E-state index contributed by atoms with van der Waals surface area (Å²) in [5.74, 6) is 0. The highest BCUT2D eigenvalue weighted by Gasteiger charge is 2.19. The van der Waals surface area contributed by atoms with E-state index in [0.717, 1.165) is 6.04 Å². The van der Waals surface area contributed by atoms with E-state index in [1.54, 1.807) is 0 Å². The molecule has 0 spiro atoms. The van der Waals surface area contributed by atoms with Crippen molar-refractivity contribution < 1.29 is 0 Å². The lowest BCUT2D eigenvalue weighted by molar-refractivity contribution is 0.329. The number of nitrogens with one attached hydrogen (secondary N) is 1.